The van der Waals surface area contributed by atoms with Crippen LogP contribution in [0.2, 0.25) is 0 Å². The molecule has 140 valence electrons. The van der Waals surface area contributed by atoms with Crippen molar-refractivity contribution in [2.75, 3.05) is 20.4 Å². The Hall–Kier alpha value is -2.34. The third-order valence-electron chi connectivity index (χ3n) is 4.71. The lowest BCUT2D eigenvalue weighted by Crippen LogP contribution is -2.50. The summed E-state index contributed by atoms with van der Waals surface area (Å²) in [6.45, 7) is 4.62. The third-order valence-corrected chi connectivity index (χ3v) is 4.71. The third kappa shape index (κ3) is 3.90. The van der Waals surface area contributed by atoms with E-state index in [2.05, 4.69) is 0 Å². The van der Waals surface area contributed by atoms with Crippen molar-refractivity contribution >= 4 is 11.7 Å². The van der Waals surface area contributed by atoms with Gasteiger partial charge in [-0.2, -0.15) is 0 Å². The van der Waals surface area contributed by atoms with Crippen LogP contribution in [-0.4, -0.2) is 48.7 Å². The van der Waals surface area contributed by atoms with Crippen LogP contribution in [0.1, 0.15) is 43.5 Å². The van der Waals surface area contributed by atoms with Crippen LogP contribution in [0.4, 0.5) is 0 Å². The molecule has 0 saturated carbocycles. The predicted octanol–water partition coefficient (Wildman–Crippen LogP) is 2.96. The van der Waals surface area contributed by atoms with Gasteiger partial charge in [0.2, 0.25) is 0 Å². The van der Waals surface area contributed by atoms with Crippen LogP contribution in [0.5, 0.6) is 11.5 Å². The average Bonchev–Trinajstić information content (AvgIpc) is 2.61. The van der Waals surface area contributed by atoms with E-state index in [0.717, 1.165) is 6.42 Å². The van der Waals surface area contributed by atoms with Gasteiger partial charge in [-0.25, -0.2) is 0 Å². The summed E-state index contributed by atoms with van der Waals surface area (Å²) in [7, 11) is 1.55. The van der Waals surface area contributed by atoms with Crippen LogP contribution in [0.25, 0.3) is 0 Å². The molecule has 1 aliphatic heterocycles. The molecule has 0 radical (unpaired) electrons. The van der Waals surface area contributed by atoms with Crippen LogP contribution >= 0.6 is 0 Å². The number of methoxy groups -OCH3 is 1. The molecule has 1 aromatic rings. The van der Waals surface area contributed by atoms with E-state index in [-0.39, 0.29) is 24.5 Å². The largest absolute Gasteiger partial charge is 0.493 e. The highest BCUT2D eigenvalue weighted by molar-refractivity contribution is 5.95. The minimum Gasteiger partial charge on any atom is -0.493 e. The maximum atomic E-state index is 12.8. The number of hydrogen-bond acceptors (Lipinski definition) is 5. The normalized spacial score (nSPS) is 22.8. The molecule has 1 spiro atoms. The zero-order valence-corrected chi connectivity index (χ0v) is 15.5. The number of amides is 1. The van der Waals surface area contributed by atoms with Crippen molar-refractivity contribution in [2.45, 2.75) is 44.8 Å². The maximum Gasteiger partial charge on any atom is 0.255 e. The summed E-state index contributed by atoms with van der Waals surface area (Å²) in [5.41, 5.74) is 0.0760. The Bertz CT molecular complexity index is 717. The average molecular weight is 359 g/mol. The predicted molar refractivity (Wildman–Crippen MR) is 96.5 cm³/mol. The minimum atomic E-state index is -0.449. The second-order valence-corrected chi connectivity index (χ2v) is 7.06. The van der Waals surface area contributed by atoms with Gasteiger partial charge in [0.1, 0.15) is 6.73 Å². The smallest absolute Gasteiger partial charge is 0.255 e. The molecule has 1 unspecified atom stereocenters. The number of benzene rings is 1. The molecule has 26 heavy (non-hydrogen) atoms. The van der Waals surface area contributed by atoms with Crippen molar-refractivity contribution in [3.8, 4) is 11.5 Å². The molecule has 1 amide bonds. The number of nitrogens with zero attached hydrogens (tertiary/aromatic N) is 1. The molecule has 1 atom stereocenters. The molecule has 2 aliphatic rings. The Balaban J connectivity index is 1.68. The highest BCUT2D eigenvalue weighted by atomic mass is 16.5. The Morgan fingerprint density at radius 1 is 1.31 bits per heavy atom. The van der Waals surface area contributed by atoms with E-state index in [1.807, 2.05) is 19.9 Å². The first-order valence-electron chi connectivity index (χ1n) is 8.90. The van der Waals surface area contributed by atoms with E-state index in [9.17, 15) is 9.59 Å². The summed E-state index contributed by atoms with van der Waals surface area (Å²) in [5.74, 6) is 1.11. The standard InChI is InChI=1S/C20H25NO5/c1-14(2)26-17-7-6-15(11-18(17)24-3)19(23)21-10-9-20(25-13-21)8-4-5-16(22)12-20/h4-7,11,14H,8-10,12-13H2,1-3H3. The Morgan fingerprint density at radius 2 is 2.12 bits per heavy atom. The molecule has 1 saturated heterocycles. The van der Waals surface area contributed by atoms with Crippen molar-refractivity contribution in [1.29, 1.82) is 0 Å². The highest BCUT2D eigenvalue weighted by Gasteiger charge is 2.39. The van der Waals surface area contributed by atoms with Gasteiger partial charge < -0.3 is 19.1 Å². The lowest BCUT2D eigenvalue weighted by atomic mass is 9.84. The van der Waals surface area contributed by atoms with E-state index >= 15 is 0 Å². The van der Waals surface area contributed by atoms with Crippen LogP contribution < -0.4 is 9.47 Å². The second kappa shape index (κ2) is 7.50. The quantitative estimate of drug-likeness (QED) is 0.827. The zero-order chi connectivity index (χ0) is 18.7. The van der Waals surface area contributed by atoms with Gasteiger partial charge in [0.05, 0.1) is 18.8 Å². The number of ketones is 1. The minimum absolute atomic E-state index is 0.0180. The molecule has 6 heteroatoms. The van der Waals surface area contributed by atoms with Gasteiger partial charge in [0.25, 0.3) is 5.91 Å². The topological polar surface area (TPSA) is 65.1 Å². The number of rotatable bonds is 4. The van der Waals surface area contributed by atoms with Crippen LogP contribution in [0.3, 0.4) is 0 Å². The van der Waals surface area contributed by atoms with Crippen LogP contribution in [-0.2, 0) is 9.53 Å². The van der Waals surface area contributed by atoms with E-state index in [4.69, 9.17) is 14.2 Å². The molecule has 0 aromatic heterocycles. The molecule has 0 N–H and O–H groups in total. The maximum absolute atomic E-state index is 12.8. The lowest BCUT2D eigenvalue weighted by Gasteiger charge is -2.42. The fraction of sp³-hybridized carbons (Fsp3) is 0.500. The van der Waals surface area contributed by atoms with Crippen molar-refractivity contribution in [3.05, 3.63) is 35.9 Å². The van der Waals surface area contributed by atoms with Gasteiger partial charge in [0.15, 0.2) is 17.3 Å². The van der Waals surface area contributed by atoms with Gasteiger partial charge in [0, 0.05) is 18.5 Å². The van der Waals surface area contributed by atoms with Crippen LogP contribution in [0.15, 0.2) is 30.4 Å². The Kier molecular flexibility index (Phi) is 5.32. The molecular weight excluding hydrogens is 334 g/mol. The number of carbonyl (C=O) groups is 2. The van der Waals surface area contributed by atoms with Gasteiger partial charge in [-0.05, 0) is 51.0 Å². The summed E-state index contributed by atoms with van der Waals surface area (Å²) < 4.78 is 17.0. The fourth-order valence-electron chi connectivity index (χ4n) is 3.34. The van der Waals surface area contributed by atoms with Gasteiger partial charge in [-0.3, -0.25) is 9.59 Å². The number of allylic oxidation sites excluding steroid dienone is 1. The molecule has 3 rings (SSSR count). The summed E-state index contributed by atoms with van der Waals surface area (Å²) in [6.07, 6.45) is 5.25. The first kappa shape index (κ1) is 18.5. The first-order chi connectivity index (χ1) is 12.4. The van der Waals surface area contributed by atoms with Crippen molar-refractivity contribution in [2.24, 2.45) is 0 Å². The second-order valence-electron chi connectivity index (χ2n) is 7.06. The first-order valence-corrected chi connectivity index (χ1v) is 8.90. The summed E-state index contributed by atoms with van der Waals surface area (Å²) >= 11 is 0. The van der Waals surface area contributed by atoms with Crippen molar-refractivity contribution in [1.82, 2.24) is 4.90 Å². The van der Waals surface area contributed by atoms with E-state index in [1.54, 1.807) is 36.3 Å². The highest BCUT2D eigenvalue weighted by Crippen LogP contribution is 2.34. The Morgan fingerprint density at radius 3 is 2.73 bits per heavy atom. The van der Waals surface area contributed by atoms with Gasteiger partial charge in [-0.1, -0.05) is 6.08 Å². The number of ether oxygens (including phenoxy) is 3. The van der Waals surface area contributed by atoms with Gasteiger partial charge in [-0.15, -0.1) is 0 Å². The van der Waals surface area contributed by atoms with E-state index in [1.165, 1.54) is 0 Å². The fourth-order valence-corrected chi connectivity index (χ4v) is 3.34. The number of carbonyl (C=O) groups excluding carboxylic acids is 2. The molecule has 0 bridgehead atoms. The molecule has 6 nitrogen and oxygen atoms in total. The van der Waals surface area contributed by atoms with Crippen molar-refractivity contribution < 1.29 is 23.8 Å². The molecule has 1 aromatic carbocycles. The summed E-state index contributed by atoms with van der Waals surface area (Å²) in [5, 5.41) is 0. The summed E-state index contributed by atoms with van der Waals surface area (Å²) in [6, 6.07) is 5.18. The summed E-state index contributed by atoms with van der Waals surface area (Å²) in [4.78, 5) is 26.1. The molecule has 1 heterocycles. The lowest BCUT2D eigenvalue weighted by molar-refractivity contribution is -0.143. The van der Waals surface area contributed by atoms with E-state index in [0.29, 0.717) is 36.4 Å². The van der Waals surface area contributed by atoms with Crippen LogP contribution in [0, 0.1) is 0 Å². The monoisotopic (exact) mass is 359 g/mol. The molecule has 1 fully saturated rings. The zero-order valence-electron chi connectivity index (χ0n) is 15.5. The number of hydrogen-bond donors (Lipinski definition) is 0. The molecular formula is C20H25NO5. The van der Waals surface area contributed by atoms with E-state index < -0.39 is 5.60 Å². The SMILES string of the molecule is COc1cc(C(=O)N2CCC3(CC=CC(=O)C3)OC2)ccc1OC(C)C. The van der Waals surface area contributed by atoms with Crippen molar-refractivity contribution in [3.63, 3.8) is 0 Å². The Labute approximate surface area is 153 Å². The van der Waals surface area contributed by atoms with Gasteiger partial charge >= 0.3 is 0 Å². The molecule has 1 aliphatic carbocycles.